The summed E-state index contributed by atoms with van der Waals surface area (Å²) in [6.45, 7) is 2.78. The highest BCUT2D eigenvalue weighted by Crippen LogP contribution is 2.16. The van der Waals surface area contributed by atoms with E-state index in [1.165, 1.54) is 12.8 Å². The van der Waals surface area contributed by atoms with E-state index in [0.717, 1.165) is 31.0 Å². The smallest absolute Gasteiger partial charge is 0.178 e. The van der Waals surface area contributed by atoms with Crippen molar-refractivity contribution < 1.29 is 8.42 Å². The van der Waals surface area contributed by atoms with E-state index in [1.807, 2.05) is 19.1 Å². The van der Waals surface area contributed by atoms with Crippen LogP contribution in [0.1, 0.15) is 39.0 Å². The number of halogens is 1. The van der Waals surface area contributed by atoms with Crippen LogP contribution in [0.15, 0.2) is 29.2 Å². The van der Waals surface area contributed by atoms with Crippen LogP contribution < -0.4 is 5.32 Å². The fourth-order valence-corrected chi connectivity index (χ4v) is 3.49. The molecule has 1 aromatic rings. The van der Waals surface area contributed by atoms with Crippen molar-refractivity contribution in [2.24, 2.45) is 0 Å². The summed E-state index contributed by atoms with van der Waals surface area (Å²) in [6.07, 6.45) is 5.16. The molecule has 0 spiro atoms. The van der Waals surface area contributed by atoms with Crippen LogP contribution in [0.3, 0.4) is 0 Å². The fourth-order valence-electron chi connectivity index (χ4n) is 1.97. The van der Waals surface area contributed by atoms with E-state index in [2.05, 4.69) is 5.32 Å². The molecule has 3 nitrogen and oxygen atoms in total. The molecule has 0 amide bonds. The molecule has 1 N–H and O–H groups in total. The van der Waals surface area contributed by atoms with Crippen molar-refractivity contribution in [3.05, 3.63) is 24.3 Å². The van der Waals surface area contributed by atoms with Gasteiger partial charge in [0.15, 0.2) is 9.84 Å². The number of nitrogens with one attached hydrogen (secondary N) is 1. The first-order chi connectivity index (χ1) is 9.60. The average Bonchev–Trinajstić information content (AvgIpc) is 2.43. The number of anilines is 1. The van der Waals surface area contributed by atoms with Gasteiger partial charge in [0.25, 0.3) is 0 Å². The largest absolute Gasteiger partial charge is 0.385 e. The first-order valence-corrected chi connectivity index (χ1v) is 9.41. The second kappa shape index (κ2) is 9.24. The quantitative estimate of drug-likeness (QED) is 0.522. The monoisotopic (exact) mass is 317 g/mol. The molecule has 0 atom stereocenters. The Bertz CT molecular complexity index is 471. The number of benzene rings is 1. The molecule has 0 heterocycles. The lowest BCUT2D eigenvalue weighted by atomic mass is 10.2. The first kappa shape index (κ1) is 17.3. The lowest BCUT2D eigenvalue weighted by Crippen LogP contribution is -2.06. The molecule has 0 aromatic heterocycles. The van der Waals surface area contributed by atoms with Gasteiger partial charge in [0.2, 0.25) is 0 Å². The Morgan fingerprint density at radius 1 is 1.05 bits per heavy atom. The lowest BCUT2D eigenvalue weighted by molar-refractivity contribution is 0.595. The van der Waals surface area contributed by atoms with Crippen molar-refractivity contribution in [3.63, 3.8) is 0 Å². The molecular weight excluding hydrogens is 294 g/mol. The van der Waals surface area contributed by atoms with Crippen LogP contribution in [-0.2, 0) is 9.84 Å². The van der Waals surface area contributed by atoms with Gasteiger partial charge in [0.05, 0.1) is 10.6 Å². The van der Waals surface area contributed by atoms with Crippen LogP contribution in [0.2, 0.25) is 0 Å². The molecular formula is C15H24ClNO2S. The van der Waals surface area contributed by atoms with Crippen molar-refractivity contribution >= 4 is 27.1 Å². The third-order valence-electron chi connectivity index (χ3n) is 3.08. The molecule has 0 unspecified atom stereocenters. The van der Waals surface area contributed by atoms with Crippen LogP contribution in [0.5, 0.6) is 0 Å². The summed E-state index contributed by atoms with van der Waals surface area (Å²) in [5.41, 5.74) is 0.970. The van der Waals surface area contributed by atoms with Crippen LogP contribution in [0.4, 0.5) is 5.69 Å². The molecule has 0 saturated carbocycles. The molecule has 0 aliphatic carbocycles. The van der Waals surface area contributed by atoms with Gasteiger partial charge in [-0.15, -0.1) is 11.6 Å². The number of alkyl halides is 1. The standard InChI is InChI=1S/C15H24ClNO2S/c1-2-13-20(18,19)15-9-7-14(8-10-15)17-12-6-4-3-5-11-16/h7-10,17H,2-6,11-13H2,1H3. The van der Waals surface area contributed by atoms with Gasteiger partial charge in [0, 0.05) is 18.1 Å². The highest BCUT2D eigenvalue weighted by Gasteiger charge is 2.12. The van der Waals surface area contributed by atoms with Gasteiger partial charge in [0.1, 0.15) is 0 Å². The zero-order valence-corrected chi connectivity index (χ0v) is 13.6. The van der Waals surface area contributed by atoms with Crippen molar-refractivity contribution in [3.8, 4) is 0 Å². The summed E-state index contributed by atoms with van der Waals surface area (Å²) in [4.78, 5) is 0.409. The summed E-state index contributed by atoms with van der Waals surface area (Å²) in [6, 6.07) is 7.03. The zero-order valence-electron chi connectivity index (χ0n) is 12.1. The molecule has 0 aliphatic heterocycles. The van der Waals surface area contributed by atoms with Gasteiger partial charge in [-0.05, 0) is 43.5 Å². The predicted molar refractivity (Wildman–Crippen MR) is 86.5 cm³/mol. The van der Waals surface area contributed by atoms with Crippen molar-refractivity contribution in [2.75, 3.05) is 23.5 Å². The Kier molecular flexibility index (Phi) is 8.00. The van der Waals surface area contributed by atoms with E-state index in [1.54, 1.807) is 12.1 Å². The van der Waals surface area contributed by atoms with Gasteiger partial charge in [-0.1, -0.05) is 19.8 Å². The minimum Gasteiger partial charge on any atom is -0.385 e. The lowest BCUT2D eigenvalue weighted by Gasteiger charge is -2.08. The Morgan fingerprint density at radius 3 is 2.30 bits per heavy atom. The minimum atomic E-state index is -3.10. The maximum absolute atomic E-state index is 11.9. The van der Waals surface area contributed by atoms with Crippen LogP contribution in [-0.4, -0.2) is 26.6 Å². The molecule has 0 saturated heterocycles. The van der Waals surface area contributed by atoms with Crippen LogP contribution in [0, 0.1) is 0 Å². The van der Waals surface area contributed by atoms with Crippen molar-refractivity contribution in [2.45, 2.75) is 43.9 Å². The number of unbranched alkanes of at least 4 members (excludes halogenated alkanes) is 3. The van der Waals surface area contributed by atoms with Gasteiger partial charge in [-0.25, -0.2) is 8.42 Å². The summed E-state index contributed by atoms with van der Waals surface area (Å²) in [7, 11) is -3.10. The van der Waals surface area contributed by atoms with Crippen molar-refractivity contribution in [1.29, 1.82) is 0 Å². The maximum atomic E-state index is 11.9. The van der Waals surface area contributed by atoms with Gasteiger partial charge >= 0.3 is 0 Å². The second-order valence-electron chi connectivity index (χ2n) is 4.87. The molecule has 1 rings (SSSR count). The Balaban J connectivity index is 2.39. The first-order valence-electron chi connectivity index (χ1n) is 7.23. The summed E-state index contributed by atoms with van der Waals surface area (Å²) in [5, 5.41) is 3.30. The zero-order chi connectivity index (χ0) is 14.8. The molecule has 20 heavy (non-hydrogen) atoms. The van der Waals surface area contributed by atoms with E-state index in [0.29, 0.717) is 11.3 Å². The van der Waals surface area contributed by atoms with E-state index >= 15 is 0 Å². The predicted octanol–water partition coefficient (Wildman–Crippen LogP) is 4.08. The van der Waals surface area contributed by atoms with Gasteiger partial charge < -0.3 is 5.32 Å². The van der Waals surface area contributed by atoms with E-state index in [4.69, 9.17) is 11.6 Å². The molecule has 114 valence electrons. The van der Waals surface area contributed by atoms with E-state index in [-0.39, 0.29) is 5.75 Å². The second-order valence-corrected chi connectivity index (χ2v) is 7.36. The number of sulfone groups is 1. The van der Waals surface area contributed by atoms with E-state index < -0.39 is 9.84 Å². The fraction of sp³-hybridized carbons (Fsp3) is 0.600. The molecule has 0 radical (unpaired) electrons. The minimum absolute atomic E-state index is 0.209. The third kappa shape index (κ3) is 6.14. The third-order valence-corrected chi connectivity index (χ3v) is 5.28. The van der Waals surface area contributed by atoms with Gasteiger partial charge in [-0.2, -0.15) is 0 Å². The summed E-state index contributed by atoms with van der Waals surface area (Å²) < 4.78 is 23.7. The van der Waals surface area contributed by atoms with Crippen LogP contribution >= 0.6 is 11.6 Å². The number of rotatable bonds is 10. The SMILES string of the molecule is CCCS(=O)(=O)c1ccc(NCCCCCCCl)cc1. The maximum Gasteiger partial charge on any atom is 0.178 e. The van der Waals surface area contributed by atoms with Crippen LogP contribution in [0.25, 0.3) is 0 Å². The molecule has 0 fully saturated rings. The number of hydrogen-bond acceptors (Lipinski definition) is 3. The Hall–Kier alpha value is -0.740. The highest BCUT2D eigenvalue weighted by atomic mass is 35.5. The molecule has 0 aliphatic rings. The van der Waals surface area contributed by atoms with Crippen molar-refractivity contribution in [1.82, 2.24) is 0 Å². The normalized spacial score (nSPS) is 11.5. The van der Waals surface area contributed by atoms with E-state index in [9.17, 15) is 8.42 Å². The topological polar surface area (TPSA) is 46.2 Å². The highest BCUT2D eigenvalue weighted by molar-refractivity contribution is 7.91. The Labute approximate surface area is 127 Å². The molecule has 5 heteroatoms. The van der Waals surface area contributed by atoms with Gasteiger partial charge in [-0.3, -0.25) is 0 Å². The number of hydrogen-bond donors (Lipinski definition) is 1. The molecule has 0 bridgehead atoms. The summed E-state index contributed by atoms with van der Waals surface area (Å²) in [5.74, 6) is 0.946. The summed E-state index contributed by atoms with van der Waals surface area (Å²) >= 11 is 5.62. The average molecular weight is 318 g/mol. The Morgan fingerprint density at radius 2 is 1.70 bits per heavy atom. The molecule has 1 aromatic carbocycles.